The number of carbonyl (C=O) groups is 1. The molecular formula is C14H11BrClNO2. The van der Waals surface area contributed by atoms with Crippen LogP contribution < -0.4 is 5.32 Å². The van der Waals surface area contributed by atoms with Crippen LogP contribution in [0.2, 0.25) is 5.02 Å². The molecule has 98 valence electrons. The summed E-state index contributed by atoms with van der Waals surface area (Å²) in [5, 5.41) is 3.17. The van der Waals surface area contributed by atoms with Crippen molar-refractivity contribution < 1.29 is 9.21 Å². The van der Waals surface area contributed by atoms with Gasteiger partial charge in [0.05, 0.1) is 10.7 Å². The van der Waals surface area contributed by atoms with Gasteiger partial charge in [-0.1, -0.05) is 27.5 Å². The maximum atomic E-state index is 11.7. The molecule has 0 radical (unpaired) electrons. The number of anilines is 1. The third-order valence-electron chi connectivity index (χ3n) is 2.35. The van der Waals surface area contributed by atoms with Gasteiger partial charge in [0.15, 0.2) is 0 Å². The molecule has 2 rings (SSSR count). The first-order chi connectivity index (χ1) is 9.04. The average Bonchev–Trinajstić information content (AvgIpc) is 2.76. The van der Waals surface area contributed by atoms with Crippen LogP contribution >= 0.6 is 27.5 Å². The molecule has 1 N–H and O–H groups in total. The van der Waals surface area contributed by atoms with Crippen LogP contribution in [0.1, 0.15) is 11.5 Å². The quantitative estimate of drug-likeness (QED) is 0.826. The van der Waals surface area contributed by atoms with Gasteiger partial charge in [0.1, 0.15) is 11.5 Å². The fourth-order valence-electron chi connectivity index (χ4n) is 1.47. The molecule has 5 heteroatoms. The lowest BCUT2D eigenvalue weighted by atomic mass is 10.3. The van der Waals surface area contributed by atoms with E-state index in [9.17, 15) is 4.79 Å². The molecule has 0 spiro atoms. The lowest BCUT2D eigenvalue weighted by Crippen LogP contribution is -2.07. The Kier molecular flexibility index (Phi) is 4.45. The van der Waals surface area contributed by atoms with Gasteiger partial charge in [-0.25, -0.2) is 0 Å². The maximum absolute atomic E-state index is 11.7. The van der Waals surface area contributed by atoms with E-state index in [4.69, 9.17) is 16.0 Å². The highest BCUT2D eigenvalue weighted by atomic mass is 79.9. The van der Waals surface area contributed by atoms with Crippen LogP contribution in [-0.4, -0.2) is 5.91 Å². The normalized spacial score (nSPS) is 10.9. The standard InChI is InChI=1S/C14H11BrClNO2/c1-9-2-4-11(19-9)5-7-14(18)17-13-6-3-10(15)8-12(13)16/h2-8H,1H3,(H,17,18)/b7-5+. The van der Waals surface area contributed by atoms with Crippen LogP contribution in [0.25, 0.3) is 6.08 Å². The highest BCUT2D eigenvalue weighted by Crippen LogP contribution is 2.25. The van der Waals surface area contributed by atoms with Crippen molar-refractivity contribution in [2.75, 3.05) is 5.32 Å². The number of hydrogen-bond donors (Lipinski definition) is 1. The van der Waals surface area contributed by atoms with Gasteiger partial charge in [-0.2, -0.15) is 0 Å². The molecule has 1 amide bonds. The molecule has 0 saturated carbocycles. The zero-order valence-corrected chi connectivity index (χ0v) is 12.5. The number of aryl methyl sites for hydroxylation is 1. The third-order valence-corrected chi connectivity index (χ3v) is 3.16. The number of furan rings is 1. The lowest BCUT2D eigenvalue weighted by Gasteiger charge is -2.04. The Morgan fingerprint density at radius 1 is 1.37 bits per heavy atom. The summed E-state index contributed by atoms with van der Waals surface area (Å²) >= 11 is 9.31. The van der Waals surface area contributed by atoms with Crippen molar-refractivity contribution in [3.8, 4) is 0 Å². The molecule has 0 aliphatic carbocycles. The summed E-state index contributed by atoms with van der Waals surface area (Å²) in [5.74, 6) is 1.17. The monoisotopic (exact) mass is 339 g/mol. The second-order valence-corrected chi connectivity index (χ2v) is 5.22. The second-order valence-electron chi connectivity index (χ2n) is 3.90. The van der Waals surface area contributed by atoms with E-state index in [1.807, 2.05) is 13.0 Å². The van der Waals surface area contributed by atoms with Crippen LogP contribution in [0.5, 0.6) is 0 Å². The first-order valence-corrected chi connectivity index (χ1v) is 6.72. The minimum Gasteiger partial charge on any atom is -0.462 e. The number of carbonyl (C=O) groups excluding carboxylic acids is 1. The number of amides is 1. The molecule has 0 atom stereocenters. The minimum atomic E-state index is -0.265. The van der Waals surface area contributed by atoms with Gasteiger partial charge in [0.25, 0.3) is 0 Å². The third kappa shape index (κ3) is 3.98. The molecule has 19 heavy (non-hydrogen) atoms. The smallest absolute Gasteiger partial charge is 0.248 e. The van der Waals surface area contributed by atoms with E-state index >= 15 is 0 Å². The number of benzene rings is 1. The molecule has 0 bridgehead atoms. The topological polar surface area (TPSA) is 42.2 Å². The lowest BCUT2D eigenvalue weighted by molar-refractivity contribution is -0.111. The van der Waals surface area contributed by atoms with E-state index in [1.54, 1.807) is 30.3 Å². The summed E-state index contributed by atoms with van der Waals surface area (Å²) in [4.78, 5) is 11.7. The largest absolute Gasteiger partial charge is 0.462 e. The highest BCUT2D eigenvalue weighted by Gasteiger charge is 2.04. The summed E-state index contributed by atoms with van der Waals surface area (Å²) in [6, 6.07) is 8.89. The SMILES string of the molecule is Cc1ccc(/C=C/C(=O)Nc2ccc(Br)cc2Cl)o1. The maximum Gasteiger partial charge on any atom is 0.248 e. The van der Waals surface area contributed by atoms with Crippen LogP contribution in [0.15, 0.2) is 45.3 Å². The van der Waals surface area contributed by atoms with Gasteiger partial charge in [-0.05, 0) is 43.3 Å². The Balaban J connectivity index is 2.03. The van der Waals surface area contributed by atoms with Gasteiger partial charge in [-0.3, -0.25) is 4.79 Å². The van der Waals surface area contributed by atoms with Gasteiger partial charge >= 0.3 is 0 Å². The molecule has 0 unspecified atom stereocenters. The Labute approximate surface area is 124 Å². The van der Waals surface area contributed by atoms with Crippen molar-refractivity contribution >= 4 is 45.2 Å². The molecule has 0 aliphatic rings. The van der Waals surface area contributed by atoms with Gasteiger partial charge in [0, 0.05) is 10.5 Å². The molecule has 0 fully saturated rings. The van der Waals surface area contributed by atoms with Crippen molar-refractivity contribution in [2.45, 2.75) is 6.92 Å². The van der Waals surface area contributed by atoms with E-state index in [1.165, 1.54) is 6.08 Å². The van der Waals surface area contributed by atoms with Crippen molar-refractivity contribution in [3.63, 3.8) is 0 Å². The summed E-state index contributed by atoms with van der Waals surface area (Å²) < 4.78 is 6.18. The first-order valence-electron chi connectivity index (χ1n) is 5.55. The number of nitrogens with one attached hydrogen (secondary N) is 1. The molecule has 0 aliphatic heterocycles. The van der Waals surface area contributed by atoms with Gasteiger partial charge < -0.3 is 9.73 Å². The number of hydrogen-bond acceptors (Lipinski definition) is 2. The van der Waals surface area contributed by atoms with E-state index < -0.39 is 0 Å². The molecule has 1 aromatic carbocycles. The molecular weight excluding hydrogens is 330 g/mol. The molecule has 2 aromatic rings. The zero-order valence-electron chi connectivity index (χ0n) is 10.1. The number of halogens is 2. The van der Waals surface area contributed by atoms with Crippen LogP contribution in [0.3, 0.4) is 0 Å². The Hall–Kier alpha value is -1.52. The molecule has 1 aromatic heterocycles. The van der Waals surface area contributed by atoms with Crippen molar-refractivity contribution in [1.29, 1.82) is 0 Å². The molecule has 1 heterocycles. The minimum absolute atomic E-state index is 0.265. The fourth-order valence-corrected chi connectivity index (χ4v) is 2.19. The van der Waals surface area contributed by atoms with E-state index in [-0.39, 0.29) is 5.91 Å². The summed E-state index contributed by atoms with van der Waals surface area (Å²) in [6.45, 7) is 1.85. The van der Waals surface area contributed by atoms with Gasteiger partial charge in [-0.15, -0.1) is 0 Å². The fraction of sp³-hybridized carbons (Fsp3) is 0.0714. The summed E-state index contributed by atoms with van der Waals surface area (Å²) in [6.07, 6.45) is 3.01. The molecule has 0 saturated heterocycles. The highest BCUT2D eigenvalue weighted by molar-refractivity contribution is 9.10. The van der Waals surface area contributed by atoms with Crippen LogP contribution in [-0.2, 0) is 4.79 Å². The zero-order chi connectivity index (χ0) is 13.8. The average molecular weight is 341 g/mol. The van der Waals surface area contributed by atoms with Crippen molar-refractivity contribution in [2.24, 2.45) is 0 Å². The van der Waals surface area contributed by atoms with Crippen molar-refractivity contribution in [3.05, 3.63) is 57.4 Å². The first kappa shape index (κ1) is 13.9. The predicted molar refractivity (Wildman–Crippen MR) is 80.3 cm³/mol. The van der Waals surface area contributed by atoms with Gasteiger partial charge in [0.2, 0.25) is 5.91 Å². The van der Waals surface area contributed by atoms with E-state index in [0.29, 0.717) is 16.5 Å². The Morgan fingerprint density at radius 3 is 2.79 bits per heavy atom. The van der Waals surface area contributed by atoms with E-state index in [0.717, 1.165) is 10.2 Å². The van der Waals surface area contributed by atoms with E-state index in [2.05, 4.69) is 21.2 Å². The Bertz CT molecular complexity index is 634. The summed E-state index contributed by atoms with van der Waals surface area (Å²) in [5.41, 5.74) is 0.565. The van der Waals surface area contributed by atoms with Crippen LogP contribution in [0, 0.1) is 6.92 Å². The predicted octanol–water partition coefficient (Wildman–Crippen LogP) is 4.66. The summed E-state index contributed by atoms with van der Waals surface area (Å²) in [7, 11) is 0. The second kappa shape index (κ2) is 6.08. The Morgan fingerprint density at radius 2 is 2.16 bits per heavy atom. The van der Waals surface area contributed by atoms with Crippen LogP contribution in [0.4, 0.5) is 5.69 Å². The van der Waals surface area contributed by atoms with Crippen molar-refractivity contribution in [1.82, 2.24) is 0 Å². The molecule has 3 nitrogen and oxygen atoms in total. The number of rotatable bonds is 3.